The van der Waals surface area contributed by atoms with Crippen molar-refractivity contribution in [3.63, 3.8) is 0 Å². The van der Waals surface area contributed by atoms with E-state index in [-0.39, 0.29) is 18.3 Å². The van der Waals surface area contributed by atoms with Crippen molar-refractivity contribution in [2.45, 2.75) is 6.54 Å². The van der Waals surface area contributed by atoms with Crippen LogP contribution >= 0.6 is 0 Å². The van der Waals surface area contributed by atoms with Crippen LogP contribution < -0.4 is 5.76 Å². The zero-order valence-electron chi connectivity index (χ0n) is 13.2. The molecule has 0 aliphatic rings. The fourth-order valence-electron chi connectivity index (χ4n) is 2.40. The quantitative estimate of drug-likeness (QED) is 0.560. The molecular formula is C18H11F2N3O3. The molecule has 0 atom stereocenters. The van der Waals surface area contributed by atoms with Crippen LogP contribution in [-0.4, -0.2) is 14.8 Å². The van der Waals surface area contributed by atoms with Crippen LogP contribution in [0.5, 0.6) is 0 Å². The van der Waals surface area contributed by atoms with Crippen molar-refractivity contribution in [1.82, 2.24) is 14.8 Å². The standard InChI is InChI=1S/C18H11F2N3O3/c19-13-6-4-11(5-7-13)17-22-23(18(24)26-17)9-15-10-25-16(21-15)12-2-1-3-14(20)8-12/h1-8,10H,9H2. The lowest BCUT2D eigenvalue weighted by Crippen LogP contribution is -2.16. The number of aromatic nitrogens is 3. The van der Waals surface area contributed by atoms with Gasteiger partial charge in [0.2, 0.25) is 11.8 Å². The summed E-state index contributed by atoms with van der Waals surface area (Å²) in [6.45, 7) is 0.0162. The Morgan fingerprint density at radius 1 is 0.962 bits per heavy atom. The van der Waals surface area contributed by atoms with Crippen LogP contribution in [0, 0.1) is 11.6 Å². The summed E-state index contributed by atoms with van der Waals surface area (Å²) in [5, 5.41) is 4.07. The van der Waals surface area contributed by atoms with E-state index < -0.39 is 17.4 Å². The molecule has 2 heterocycles. The monoisotopic (exact) mass is 355 g/mol. The van der Waals surface area contributed by atoms with E-state index in [1.165, 1.54) is 42.7 Å². The lowest BCUT2D eigenvalue weighted by atomic mass is 10.2. The third kappa shape index (κ3) is 3.16. The minimum atomic E-state index is -0.681. The highest BCUT2D eigenvalue weighted by molar-refractivity contribution is 5.53. The predicted octanol–water partition coefficient (Wildman–Crippen LogP) is 3.48. The molecule has 0 unspecified atom stereocenters. The van der Waals surface area contributed by atoms with Gasteiger partial charge in [-0.3, -0.25) is 0 Å². The van der Waals surface area contributed by atoms with E-state index in [9.17, 15) is 13.6 Å². The van der Waals surface area contributed by atoms with Gasteiger partial charge in [-0.25, -0.2) is 18.6 Å². The maximum atomic E-state index is 13.3. The second kappa shape index (κ2) is 6.40. The van der Waals surface area contributed by atoms with Gasteiger partial charge < -0.3 is 8.83 Å². The van der Waals surface area contributed by atoms with Gasteiger partial charge in [-0.15, -0.1) is 5.10 Å². The normalized spacial score (nSPS) is 11.0. The summed E-state index contributed by atoms with van der Waals surface area (Å²) in [5.41, 5.74) is 1.38. The number of hydrogen-bond donors (Lipinski definition) is 0. The molecule has 0 fully saturated rings. The summed E-state index contributed by atoms with van der Waals surface area (Å²) in [7, 11) is 0. The van der Waals surface area contributed by atoms with Gasteiger partial charge in [-0.05, 0) is 42.5 Å². The highest BCUT2D eigenvalue weighted by Gasteiger charge is 2.14. The number of nitrogens with zero attached hydrogens (tertiary/aromatic N) is 3. The highest BCUT2D eigenvalue weighted by atomic mass is 19.1. The maximum Gasteiger partial charge on any atom is 0.437 e. The first-order valence-corrected chi connectivity index (χ1v) is 7.63. The Bertz CT molecular complexity index is 1110. The number of hydrogen-bond acceptors (Lipinski definition) is 5. The molecule has 0 aliphatic heterocycles. The summed E-state index contributed by atoms with van der Waals surface area (Å²) in [5.74, 6) is -1.18. The third-order valence-electron chi connectivity index (χ3n) is 3.63. The Morgan fingerprint density at radius 3 is 2.54 bits per heavy atom. The van der Waals surface area contributed by atoms with Gasteiger partial charge in [0.15, 0.2) is 0 Å². The number of benzene rings is 2. The van der Waals surface area contributed by atoms with E-state index in [0.717, 1.165) is 4.68 Å². The maximum absolute atomic E-state index is 13.3. The molecule has 0 spiro atoms. The molecule has 4 aromatic rings. The Kier molecular flexibility index (Phi) is 3.92. The molecule has 26 heavy (non-hydrogen) atoms. The van der Waals surface area contributed by atoms with E-state index in [1.54, 1.807) is 12.1 Å². The van der Waals surface area contributed by atoms with Gasteiger partial charge in [0.25, 0.3) is 0 Å². The molecule has 0 bridgehead atoms. The van der Waals surface area contributed by atoms with Crippen LogP contribution in [0.1, 0.15) is 5.69 Å². The lowest BCUT2D eigenvalue weighted by Gasteiger charge is -1.95. The molecule has 0 saturated carbocycles. The molecule has 0 aliphatic carbocycles. The van der Waals surface area contributed by atoms with E-state index >= 15 is 0 Å². The molecule has 8 heteroatoms. The molecule has 6 nitrogen and oxygen atoms in total. The first kappa shape index (κ1) is 15.9. The van der Waals surface area contributed by atoms with Gasteiger partial charge in [0.05, 0.1) is 6.54 Å². The molecule has 0 N–H and O–H groups in total. The van der Waals surface area contributed by atoms with Crippen LogP contribution in [0.3, 0.4) is 0 Å². The van der Waals surface area contributed by atoms with Crippen molar-refractivity contribution in [3.8, 4) is 22.9 Å². The molecule has 0 radical (unpaired) electrons. The molecule has 0 amide bonds. The van der Waals surface area contributed by atoms with Gasteiger partial charge >= 0.3 is 5.76 Å². The van der Waals surface area contributed by atoms with Crippen LogP contribution in [0.4, 0.5) is 8.78 Å². The molecule has 130 valence electrons. The Labute approximate surface area is 145 Å². The minimum absolute atomic E-state index is 0.0162. The topological polar surface area (TPSA) is 74.1 Å². The number of halogens is 2. The summed E-state index contributed by atoms with van der Waals surface area (Å²) in [6, 6.07) is 11.2. The average Bonchev–Trinajstić information content (AvgIpc) is 3.23. The van der Waals surface area contributed by atoms with Crippen LogP contribution in [-0.2, 0) is 6.54 Å². The van der Waals surface area contributed by atoms with Crippen molar-refractivity contribution >= 4 is 0 Å². The van der Waals surface area contributed by atoms with E-state index in [0.29, 0.717) is 16.8 Å². The second-order valence-electron chi connectivity index (χ2n) is 5.49. The fourth-order valence-corrected chi connectivity index (χ4v) is 2.40. The first-order chi connectivity index (χ1) is 12.6. The Balaban J connectivity index is 1.58. The molecule has 4 rings (SSSR count). The van der Waals surface area contributed by atoms with E-state index in [1.807, 2.05) is 0 Å². The van der Waals surface area contributed by atoms with Gasteiger partial charge in [-0.1, -0.05) is 6.07 Å². The zero-order valence-corrected chi connectivity index (χ0v) is 13.2. The molecular weight excluding hydrogens is 344 g/mol. The minimum Gasteiger partial charge on any atom is -0.444 e. The Hall–Kier alpha value is -3.55. The Morgan fingerprint density at radius 2 is 1.77 bits per heavy atom. The summed E-state index contributed by atoms with van der Waals surface area (Å²) >= 11 is 0. The van der Waals surface area contributed by atoms with Crippen LogP contribution in [0.25, 0.3) is 22.9 Å². The van der Waals surface area contributed by atoms with Crippen molar-refractivity contribution in [1.29, 1.82) is 0 Å². The molecule has 0 saturated heterocycles. The second-order valence-corrected chi connectivity index (χ2v) is 5.49. The lowest BCUT2D eigenvalue weighted by molar-refractivity contribution is 0.492. The first-order valence-electron chi connectivity index (χ1n) is 7.63. The smallest absolute Gasteiger partial charge is 0.437 e. The SMILES string of the molecule is O=c1oc(-c2ccc(F)cc2)nn1Cc1coc(-c2cccc(F)c2)n1. The highest BCUT2D eigenvalue weighted by Crippen LogP contribution is 2.20. The van der Waals surface area contributed by atoms with Gasteiger partial charge in [0, 0.05) is 11.1 Å². The van der Waals surface area contributed by atoms with Crippen LogP contribution in [0.15, 0.2) is 68.4 Å². The van der Waals surface area contributed by atoms with E-state index in [4.69, 9.17) is 8.83 Å². The summed E-state index contributed by atoms with van der Waals surface area (Å²) in [4.78, 5) is 16.2. The van der Waals surface area contributed by atoms with Crippen molar-refractivity contribution in [2.75, 3.05) is 0 Å². The average molecular weight is 355 g/mol. The fraction of sp³-hybridized carbons (Fsp3) is 0.0556. The third-order valence-corrected chi connectivity index (χ3v) is 3.63. The number of oxazole rings is 1. The van der Waals surface area contributed by atoms with Crippen molar-refractivity contribution in [2.24, 2.45) is 0 Å². The summed E-state index contributed by atoms with van der Waals surface area (Å²) in [6.07, 6.45) is 1.36. The van der Waals surface area contributed by atoms with E-state index in [2.05, 4.69) is 10.1 Å². The largest absolute Gasteiger partial charge is 0.444 e. The molecule has 2 aromatic heterocycles. The van der Waals surface area contributed by atoms with Crippen molar-refractivity contribution in [3.05, 3.63) is 82.7 Å². The summed E-state index contributed by atoms with van der Waals surface area (Å²) < 4.78 is 37.8. The van der Waals surface area contributed by atoms with Gasteiger partial charge in [-0.2, -0.15) is 4.68 Å². The zero-order chi connectivity index (χ0) is 18.1. The number of rotatable bonds is 4. The van der Waals surface area contributed by atoms with Gasteiger partial charge in [0.1, 0.15) is 23.6 Å². The predicted molar refractivity (Wildman–Crippen MR) is 87.2 cm³/mol. The molecule has 2 aromatic carbocycles. The van der Waals surface area contributed by atoms with Crippen LogP contribution in [0.2, 0.25) is 0 Å². The van der Waals surface area contributed by atoms with Crippen molar-refractivity contribution < 1.29 is 17.6 Å².